The van der Waals surface area contributed by atoms with Crippen LogP contribution in [0, 0.1) is 20.2 Å². The molecule has 0 amide bonds. The van der Waals surface area contributed by atoms with Gasteiger partial charge in [-0.05, 0) is 19.4 Å². The SMILES string of the molecule is CCOC(=O)[C@@](F)([C@H](CC(C)=O)c1ccc([N+](=O)[O-])cc1)[N+](=O)[O-]. The summed E-state index contributed by atoms with van der Waals surface area (Å²) in [7, 11) is 0. The molecule has 1 aromatic carbocycles. The molecule has 1 aromatic rings. The molecule has 9 nitrogen and oxygen atoms in total. The van der Waals surface area contributed by atoms with Gasteiger partial charge in [-0.25, -0.2) is 4.79 Å². The first-order valence-corrected chi connectivity index (χ1v) is 6.89. The fourth-order valence-electron chi connectivity index (χ4n) is 2.17. The first-order valence-electron chi connectivity index (χ1n) is 6.89. The van der Waals surface area contributed by atoms with Crippen molar-refractivity contribution in [2.75, 3.05) is 6.61 Å². The van der Waals surface area contributed by atoms with Crippen molar-refractivity contribution in [2.24, 2.45) is 0 Å². The van der Waals surface area contributed by atoms with E-state index in [9.17, 15) is 29.8 Å². The highest BCUT2D eigenvalue weighted by molar-refractivity contribution is 5.82. The fourth-order valence-corrected chi connectivity index (χ4v) is 2.17. The number of nitro groups is 2. The maximum absolute atomic E-state index is 15.0. The molecule has 0 N–H and O–H groups in total. The van der Waals surface area contributed by atoms with Crippen LogP contribution in [0.3, 0.4) is 0 Å². The Morgan fingerprint density at radius 3 is 2.17 bits per heavy atom. The number of carbonyl (C=O) groups excluding carboxylic acids is 2. The van der Waals surface area contributed by atoms with E-state index in [-0.39, 0.29) is 17.9 Å². The Kier molecular flexibility index (Phi) is 6.04. The number of rotatable bonds is 8. The van der Waals surface area contributed by atoms with Gasteiger partial charge < -0.3 is 4.74 Å². The van der Waals surface area contributed by atoms with Gasteiger partial charge in [-0.1, -0.05) is 12.1 Å². The number of esters is 1. The first kappa shape index (κ1) is 19.1. The van der Waals surface area contributed by atoms with E-state index in [1.54, 1.807) is 0 Å². The van der Waals surface area contributed by atoms with Gasteiger partial charge in [0.1, 0.15) is 11.7 Å². The van der Waals surface area contributed by atoms with Crippen LogP contribution in [0.25, 0.3) is 0 Å². The van der Waals surface area contributed by atoms with Gasteiger partial charge in [-0.3, -0.25) is 25.0 Å². The summed E-state index contributed by atoms with van der Waals surface area (Å²) in [5.74, 6) is -7.77. The number of ether oxygens (including phenoxy) is 1. The molecular formula is C14H15FN2O7. The fraction of sp³-hybridized carbons (Fsp3) is 0.429. The Morgan fingerprint density at radius 2 is 1.79 bits per heavy atom. The number of nitro benzene ring substituents is 1. The lowest BCUT2D eigenvalue weighted by atomic mass is 9.85. The van der Waals surface area contributed by atoms with Crippen molar-refractivity contribution in [3.8, 4) is 0 Å². The Hall–Kier alpha value is -2.91. The van der Waals surface area contributed by atoms with Gasteiger partial charge in [0.2, 0.25) is 0 Å². The molecule has 0 unspecified atom stereocenters. The molecule has 0 aromatic heterocycles. The molecule has 0 heterocycles. The third-order valence-electron chi connectivity index (χ3n) is 3.29. The highest BCUT2D eigenvalue weighted by Crippen LogP contribution is 2.37. The standard InChI is InChI=1S/C14H15FN2O7/c1-3-24-13(19)14(15,17(22)23)12(8-9(2)18)10-4-6-11(7-5-10)16(20)21/h4-7,12H,3,8H2,1-2H3/t12-,14-/m1/s1. The van der Waals surface area contributed by atoms with Gasteiger partial charge in [0.05, 0.1) is 16.5 Å². The molecule has 0 radical (unpaired) electrons. The van der Waals surface area contributed by atoms with Gasteiger partial charge in [0.15, 0.2) is 0 Å². The van der Waals surface area contributed by atoms with Crippen molar-refractivity contribution in [1.29, 1.82) is 0 Å². The van der Waals surface area contributed by atoms with Crippen LogP contribution < -0.4 is 0 Å². The predicted molar refractivity (Wildman–Crippen MR) is 78.6 cm³/mol. The second-order valence-electron chi connectivity index (χ2n) is 4.96. The minimum atomic E-state index is -3.68. The maximum atomic E-state index is 15.0. The molecule has 0 aliphatic carbocycles. The molecule has 0 aliphatic heterocycles. The third kappa shape index (κ3) is 3.89. The van der Waals surface area contributed by atoms with Crippen molar-refractivity contribution in [3.63, 3.8) is 0 Å². The van der Waals surface area contributed by atoms with E-state index in [2.05, 4.69) is 4.74 Å². The number of alkyl halides is 1. The quantitative estimate of drug-likeness (QED) is 0.306. The summed E-state index contributed by atoms with van der Waals surface area (Å²) in [6.45, 7) is 2.15. The lowest BCUT2D eigenvalue weighted by Gasteiger charge is -2.24. The molecule has 0 fully saturated rings. The van der Waals surface area contributed by atoms with Crippen molar-refractivity contribution < 1.29 is 28.6 Å². The molecule has 1 rings (SSSR count). The molecule has 0 bridgehead atoms. The van der Waals surface area contributed by atoms with Gasteiger partial charge in [-0.15, -0.1) is 0 Å². The lowest BCUT2D eigenvalue weighted by Crippen LogP contribution is -2.49. The molecule has 0 saturated carbocycles. The Bertz CT molecular complexity index is 662. The van der Waals surface area contributed by atoms with E-state index in [4.69, 9.17) is 0 Å². The zero-order valence-electron chi connectivity index (χ0n) is 12.9. The molecule has 0 aliphatic rings. The lowest BCUT2D eigenvalue weighted by molar-refractivity contribution is -0.594. The van der Waals surface area contributed by atoms with E-state index in [1.807, 2.05) is 0 Å². The highest BCUT2D eigenvalue weighted by atomic mass is 19.1. The van der Waals surface area contributed by atoms with Crippen LogP contribution in [0.5, 0.6) is 0 Å². The average Bonchev–Trinajstić information content (AvgIpc) is 2.51. The summed E-state index contributed by atoms with van der Waals surface area (Å²) >= 11 is 0. The number of carbonyl (C=O) groups is 2. The summed E-state index contributed by atoms with van der Waals surface area (Å²) in [5, 5.41) is 21.9. The number of hydrogen-bond donors (Lipinski definition) is 0. The summed E-state index contributed by atoms with van der Waals surface area (Å²) in [6.07, 6.45) is -0.645. The predicted octanol–water partition coefficient (Wildman–Crippen LogP) is 2.16. The Morgan fingerprint density at radius 1 is 1.25 bits per heavy atom. The average molecular weight is 342 g/mol. The minimum Gasteiger partial charge on any atom is -0.458 e. The van der Waals surface area contributed by atoms with Crippen LogP contribution in [0.15, 0.2) is 24.3 Å². The number of ketones is 1. The van der Waals surface area contributed by atoms with E-state index < -0.39 is 39.7 Å². The molecule has 130 valence electrons. The largest absolute Gasteiger partial charge is 0.461 e. The van der Waals surface area contributed by atoms with E-state index >= 15 is 4.39 Å². The highest BCUT2D eigenvalue weighted by Gasteiger charge is 2.61. The Balaban J connectivity index is 3.41. The number of halogens is 1. The summed E-state index contributed by atoms with van der Waals surface area (Å²) in [5.41, 5.74) is -0.412. The smallest absolute Gasteiger partial charge is 0.458 e. The zero-order valence-corrected chi connectivity index (χ0v) is 12.9. The van der Waals surface area contributed by atoms with Crippen LogP contribution in [-0.4, -0.2) is 34.0 Å². The van der Waals surface area contributed by atoms with Gasteiger partial charge in [0.25, 0.3) is 5.69 Å². The molecule has 0 saturated heterocycles. The van der Waals surface area contributed by atoms with Crippen LogP contribution in [-0.2, 0) is 14.3 Å². The number of non-ortho nitro benzene ring substituents is 1. The number of benzene rings is 1. The zero-order chi connectivity index (χ0) is 18.5. The second-order valence-corrected chi connectivity index (χ2v) is 4.96. The molecule has 10 heteroatoms. The molecule has 24 heavy (non-hydrogen) atoms. The minimum absolute atomic E-state index is 0.0944. The molecular weight excluding hydrogens is 327 g/mol. The topological polar surface area (TPSA) is 130 Å². The maximum Gasteiger partial charge on any atom is 0.461 e. The Labute approximate surface area is 135 Å². The number of Topliss-reactive ketones (excluding diaryl/α,β-unsaturated/α-hetero) is 1. The molecule has 0 spiro atoms. The van der Waals surface area contributed by atoms with Crippen molar-refractivity contribution in [1.82, 2.24) is 0 Å². The van der Waals surface area contributed by atoms with Crippen molar-refractivity contribution in [2.45, 2.75) is 32.0 Å². The van der Waals surface area contributed by atoms with Gasteiger partial charge >= 0.3 is 11.8 Å². The number of nitrogens with zero attached hydrogens (tertiary/aromatic N) is 2. The number of hydrogen-bond acceptors (Lipinski definition) is 7. The van der Waals surface area contributed by atoms with E-state index in [0.29, 0.717) is 0 Å². The summed E-state index contributed by atoms with van der Waals surface area (Å²) in [4.78, 5) is 42.9. The normalized spacial score (nSPS) is 14.3. The summed E-state index contributed by atoms with van der Waals surface area (Å²) in [6, 6.07) is 4.16. The van der Waals surface area contributed by atoms with Crippen LogP contribution >= 0.6 is 0 Å². The van der Waals surface area contributed by atoms with Gasteiger partial charge in [0, 0.05) is 18.6 Å². The first-order chi connectivity index (χ1) is 11.1. The van der Waals surface area contributed by atoms with E-state index in [0.717, 1.165) is 31.2 Å². The molecule has 2 atom stereocenters. The van der Waals surface area contributed by atoms with Crippen molar-refractivity contribution >= 4 is 17.4 Å². The second kappa shape index (κ2) is 7.57. The van der Waals surface area contributed by atoms with Crippen LogP contribution in [0.2, 0.25) is 0 Å². The van der Waals surface area contributed by atoms with Crippen molar-refractivity contribution in [3.05, 3.63) is 50.1 Å². The van der Waals surface area contributed by atoms with Crippen LogP contribution in [0.1, 0.15) is 31.7 Å². The summed E-state index contributed by atoms with van der Waals surface area (Å²) < 4.78 is 19.4. The van der Waals surface area contributed by atoms with E-state index in [1.165, 1.54) is 6.92 Å². The third-order valence-corrected chi connectivity index (χ3v) is 3.29. The monoisotopic (exact) mass is 342 g/mol. The van der Waals surface area contributed by atoms with Gasteiger partial charge in [-0.2, -0.15) is 4.39 Å². The van der Waals surface area contributed by atoms with Crippen LogP contribution in [0.4, 0.5) is 10.1 Å².